The van der Waals surface area contributed by atoms with Crippen LogP contribution in [-0.2, 0) is 17.0 Å². The number of imidazole rings is 1. The van der Waals surface area contributed by atoms with Gasteiger partial charge in [0, 0.05) is 35.5 Å². The first-order valence-corrected chi connectivity index (χ1v) is 11.2. The van der Waals surface area contributed by atoms with Crippen molar-refractivity contribution in [1.29, 1.82) is 0 Å². The van der Waals surface area contributed by atoms with Gasteiger partial charge < -0.3 is 9.30 Å². The molecule has 0 amide bonds. The smallest absolute Gasteiger partial charge is 0.0946 e. The van der Waals surface area contributed by atoms with Gasteiger partial charge >= 0.3 is 0 Å². The minimum absolute atomic E-state index is 0.220. The number of unbranched alkanes of at least 4 members (excludes halogenated alkanes) is 5. The summed E-state index contributed by atoms with van der Waals surface area (Å²) in [5, 5.41) is 0.791. The largest absolute Gasteiger partial charge is 0.376 e. The molecule has 1 heterocycles. The number of hydrogen-bond donors (Lipinski definition) is 0. The summed E-state index contributed by atoms with van der Waals surface area (Å²) in [7, 11) is 0. The van der Waals surface area contributed by atoms with Crippen LogP contribution in [0.5, 0.6) is 0 Å². The van der Waals surface area contributed by atoms with Gasteiger partial charge in [0.05, 0.1) is 19.0 Å². The maximum atomic E-state index is 6.19. The Morgan fingerprint density at radius 3 is 2.62 bits per heavy atom. The van der Waals surface area contributed by atoms with E-state index in [9.17, 15) is 0 Å². The van der Waals surface area contributed by atoms with E-state index in [4.69, 9.17) is 16.3 Å². The highest BCUT2D eigenvalue weighted by Crippen LogP contribution is 2.18. The van der Waals surface area contributed by atoms with Crippen molar-refractivity contribution < 1.29 is 4.74 Å². The van der Waals surface area contributed by atoms with Crippen molar-refractivity contribution in [2.24, 2.45) is 0 Å². The summed E-state index contributed by atoms with van der Waals surface area (Å²) in [6.45, 7) is 3.97. The number of hydrogen-bond acceptors (Lipinski definition) is 3. The zero-order valence-corrected chi connectivity index (χ0v) is 17.4. The molecule has 1 unspecified atom stereocenters. The molecule has 144 valence electrons. The third-order valence-corrected chi connectivity index (χ3v) is 5.71. The highest BCUT2D eigenvalue weighted by atomic mass is 35.5. The topological polar surface area (TPSA) is 27.1 Å². The molecule has 0 N–H and O–H groups in total. The summed E-state index contributed by atoms with van der Waals surface area (Å²) >= 11 is 7.87. The van der Waals surface area contributed by atoms with Gasteiger partial charge in [0.15, 0.2) is 0 Å². The summed E-state index contributed by atoms with van der Waals surface area (Å²) in [4.78, 5) is 4.14. The van der Waals surface area contributed by atoms with Crippen molar-refractivity contribution in [2.75, 3.05) is 12.4 Å². The molecule has 0 radical (unpaired) electrons. The Bertz CT molecular complexity index is 574. The number of benzene rings is 1. The van der Waals surface area contributed by atoms with Crippen molar-refractivity contribution in [3.63, 3.8) is 0 Å². The summed E-state index contributed by atoms with van der Waals surface area (Å²) in [6, 6.07) is 8.10. The van der Waals surface area contributed by atoms with E-state index in [0.29, 0.717) is 0 Å². The number of ether oxygens (including phenoxy) is 1. The van der Waals surface area contributed by atoms with Gasteiger partial charge in [-0.05, 0) is 24.1 Å². The first-order valence-electron chi connectivity index (χ1n) is 9.67. The number of nitrogens with zero attached hydrogens (tertiary/aromatic N) is 2. The lowest BCUT2D eigenvalue weighted by atomic mass is 10.1. The molecule has 0 saturated heterocycles. The maximum Gasteiger partial charge on any atom is 0.0946 e. The van der Waals surface area contributed by atoms with Crippen LogP contribution in [0.15, 0.2) is 43.0 Å². The van der Waals surface area contributed by atoms with Crippen LogP contribution in [0, 0.1) is 0 Å². The predicted octanol–water partition coefficient (Wildman–Crippen LogP) is 6.22. The Hall–Kier alpha value is -0.970. The first-order chi connectivity index (χ1) is 12.8. The van der Waals surface area contributed by atoms with Gasteiger partial charge in [-0.15, -0.1) is 0 Å². The van der Waals surface area contributed by atoms with E-state index in [1.165, 1.54) is 37.7 Å². The molecule has 0 fully saturated rings. The molecule has 26 heavy (non-hydrogen) atoms. The van der Waals surface area contributed by atoms with Crippen LogP contribution in [0.2, 0.25) is 5.02 Å². The number of halogens is 1. The van der Waals surface area contributed by atoms with Crippen molar-refractivity contribution >= 4 is 23.4 Å². The molecule has 0 aliphatic rings. The van der Waals surface area contributed by atoms with E-state index in [1.807, 2.05) is 42.6 Å². The standard InChI is InChI=1S/C21H31ClN2OS/c1-2-3-4-5-6-7-14-25-21(15-24-13-12-23-18-24)17-26-16-19-8-10-20(22)11-9-19/h8-13,18,21H,2-7,14-17H2,1H3. The van der Waals surface area contributed by atoms with Gasteiger partial charge in [-0.25, -0.2) is 4.98 Å². The maximum absolute atomic E-state index is 6.19. The molecule has 1 aromatic heterocycles. The van der Waals surface area contributed by atoms with Crippen LogP contribution in [-0.4, -0.2) is 28.0 Å². The molecule has 1 aromatic carbocycles. The van der Waals surface area contributed by atoms with Crippen molar-refractivity contribution in [1.82, 2.24) is 9.55 Å². The second-order valence-corrected chi connectivity index (χ2v) is 8.13. The molecule has 0 aliphatic carbocycles. The second-order valence-electron chi connectivity index (χ2n) is 6.66. The highest BCUT2D eigenvalue weighted by Gasteiger charge is 2.10. The van der Waals surface area contributed by atoms with E-state index in [0.717, 1.165) is 36.1 Å². The van der Waals surface area contributed by atoms with Crippen molar-refractivity contribution in [3.8, 4) is 0 Å². The quantitative estimate of drug-likeness (QED) is 0.356. The lowest BCUT2D eigenvalue weighted by Gasteiger charge is -2.18. The average Bonchev–Trinajstić information content (AvgIpc) is 3.15. The third kappa shape index (κ3) is 9.11. The van der Waals surface area contributed by atoms with E-state index >= 15 is 0 Å². The molecule has 0 aliphatic heterocycles. The molecule has 2 aromatic rings. The van der Waals surface area contributed by atoms with Crippen LogP contribution in [0.1, 0.15) is 51.0 Å². The Morgan fingerprint density at radius 1 is 1.12 bits per heavy atom. The Labute approximate surface area is 167 Å². The average molecular weight is 395 g/mol. The zero-order valence-electron chi connectivity index (χ0n) is 15.8. The minimum Gasteiger partial charge on any atom is -0.376 e. The van der Waals surface area contributed by atoms with Crippen LogP contribution in [0.3, 0.4) is 0 Å². The summed E-state index contributed by atoms with van der Waals surface area (Å²) in [5.41, 5.74) is 1.30. The Kier molecular flexibility index (Phi) is 10.9. The van der Waals surface area contributed by atoms with Gasteiger partial charge in [0.25, 0.3) is 0 Å². The van der Waals surface area contributed by atoms with Crippen LogP contribution >= 0.6 is 23.4 Å². The molecule has 1 atom stereocenters. The van der Waals surface area contributed by atoms with Crippen LogP contribution in [0.4, 0.5) is 0 Å². The third-order valence-electron chi connectivity index (χ3n) is 4.31. The number of thioether (sulfide) groups is 1. The Morgan fingerprint density at radius 2 is 1.88 bits per heavy atom. The zero-order chi connectivity index (χ0) is 18.5. The molecule has 0 spiro atoms. The molecule has 3 nitrogen and oxygen atoms in total. The first kappa shape index (κ1) is 21.3. The van der Waals surface area contributed by atoms with Gasteiger partial charge in [0.2, 0.25) is 0 Å². The monoisotopic (exact) mass is 394 g/mol. The van der Waals surface area contributed by atoms with Gasteiger partial charge in [-0.3, -0.25) is 0 Å². The second kappa shape index (κ2) is 13.2. The van der Waals surface area contributed by atoms with Gasteiger partial charge in [-0.1, -0.05) is 62.8 Å². The van der Waals surface area contributed by atoms with Crippen LogP contribution in [0.25, 0.3) is 0 Å². The molecule has 2 rings (SSSR count). The number of rotatable bonds is 14. The molecule has 0 saturated carbocycles. The number of aromatic nitrogens is 2. The molecular formula is C21H31ClN2OS. The Balaban J connectivity index is 1.69. The van der Waals surface area contributed by atoms with Gasteiger partial charge in [-0.2, -0.15) is 11.8 Å². The summed E-state index contributed by atoms with van der Waals surface area (Å²) in [6.07, 6.45) is 13.7. The van der Waals surface area contributed by atoms with E-state index in [1.54, 1.807) is 0 Å². The lowest BCUT2D eigenvalue weighted by Crippen LogP contribution is -2.23. The fourth-order valence-corrected chi connectivity index (χ4v) is 3.94. The summed E-state index contributed by atoms with van der Waals surface area (Å²) in [5.74, 6) is 1.97. The van der Waals surface area contributed by atoms with E-state index in [2.05, 4.69) is 28.6 Å². The molecule has 0 bridgehead atoms. The summed E-state index contributed by atoms with van der Waals surface area (Å²) < 4.78 is 8.29. The normalized spacial score (nSPS) is 12.4. The van der Waals surface area contributed by atoms with E-state index < -0.39 is 0 Å². The predicted molar refractivity (Wildman–Crippen MR) is 113 cm³/mol. The molecular weight excluding hydrogens is 364 g/mol. The van der Waals surface area contributed by atoms with Gasteiger partial charge in [0.1, 0.15) is 0 Å². The highest BCUT2D eigenvalue weighted by molar-refractivity contribution is 7.98. The lowest BCUT2D eigenvalue weighted by molar-refractivity contribution is 0.0548. The van der Waals surface area contributed by atoms with E-state index in [-0.39, 0.29) is 6.10 Å². The minimum atomic E-state index is 0.220. The fourth-order valence-electron chi connectivity index (χ4n) is 2.80. The van der Waals surface area contributed by atoms with Crippen molar-refractivity contribution in [3.05, 3.63) is 53.6 Å². The molecule has 5 heteroatoms. The SMILES string of the molecule is CCCCCCCCOC(CSCc1ccc(Cl)cc1)Cn1ccnc1. The van der Waals surface area contributed by atoms with Crippen molar-refractivity contribution in [2.45, 2.75) is 63.9 Å². The van der Waals surface area contributed by atoms with Crippen LogP contribution < -0.4 is 0 Å². The fraction of sp³-hybridized carbons (Fsp3) is 0.571.